The summed E-state index contributed by atoms with van der Waals surface area (Å²) in [5.41, 5.74) is 2.74. The number of carbonyl (C=O) groups excluding carboxylic acids is 3. The van der Waals surface area contributed by atoms with Crippen molar-refractivity contribution in [2.75, 3.05) is 13.2 Å². The van der Waals surface area contributed by atoms with Crippen molar-refractivity contribution in [3.05, 3.63) is 95.0 Å². The Balaban J connectivity index is 1.48. The Morgan fingerprint density at radius 1 is 0.793 bits per heavy atom. The average Bonchev–Trinajstić information content (AvgIpc) is 2.77. The average molecular weight is 408 g/mol. The molecular weight excluding hydrogens is 390 g/mol. The van der Waals surface area contributed by atoms with Gasteiger partial charge < -0.3 is 10.1 Å². The molecule has 0 radical (unpaired) electrons. The van der Waals surface area contributed by atoms with E-state index in [9.17, 15) is 14.4 Å². The minimum atomic E-state index is -0.709. The number of benzene rings is 3. The SMILES string of the molecule is O=C(CNC(=O)c1ccc(-c2ccccc2)cc1)OCC(=O)c1ccccc1Cl. The molecule has 1 amide bonds. The fourth-order valence-corrected chi connectivity index (χ4v) is 2.90. The number of Topliss-reactive ketones (excluding diaryl/α,β-unsaturated/α-hetero) is 1. The van der Waals surface area contributed by atoms with Gasteiger partial charge >= 0.3 is 5.97 Å². The van der Waals surface area contributed by atoms with E-state index in [1.165, 1.54) is 0 Å². The van der Waals surface area contributed by atoms with Crippen molar-refractivity contribution in [1.82, 2.24) is 5.32 Å². The Morgan fingerprint density at radius 3 is 2.10 bits per heavy atom. The maximum absolute atomic E-state index is 12.2. The second kappa shape index (κ2) is 9.66. The van der Waals surface area contributed by atoms with Gasteiger partial charge in [0.2, 0.25) is 5.78 Å². The minimum Gasteiger partial charge on any atom is -0.456 e. The van der Waals surface area contributed by atoms with Gasteiger partial charge in [-0.25, -0.2) is 0 Å². The second-order valence-electron chi connectivity index (χ2n) is 6.19. The van der Waals surface area contributed by atoms with Gasteiger partial charge in [-0.3, -0.25) is 14.4 Å². The monoisotopic (exact) mass is 407 g/mol. The molecule has 3 rings (SSSR count). The van der Waals surface area contributed by atoms with Crippen molar-refractivity contribution in [2.24, 2.45) is 0 Å². The quantitative estimate of drug-likeness (QED) is 0.471. The maximum Gasteiger partial charge on any atom is 0.325 e. The van der Waals surface area contributed by atoms with Gasteiger partial charge in [-0.1, -0.05) is 66.2 Å². The van der Waals surface area contributed by atoms with Crippen molar-refractivity contribution in [3.63, 3.8) is 0 Å². The summed E-state index contributed by atoms with van der Waals surface area (Å²) in [6.07, 6.45) is 0. The lowest BCUT2D eigenvalue weighted by Gasteiger charge is -2.08. The molecule has 0 aliphatic rings. The largest absolute Gasteiger partial charge is 0.456 e. The van der Waals surface area contributed by atoms with Gasteiger partial charge in [-0.2, -0.15) is 0 Å². The number of ketones is 1. The van der Waals surface area contributed by atoms with Crippen molar-refractivity contribution in [2.45, 2.75) is 0 Å². The van der Waals surface area contributed by atoms with Crippen molar-refractivity contribution >= 4 is 29.3 Å². The van der Waals surface area contributed by atoms with E-state index in [4.69, 9.17) is 16.3 Å². The van der Waals surface area contributed by atoms with E-state index in [0.717, 1.165) is 11.1 Å². The van der Waals surface area contributed by atoms with Gasteiger partial charge in [0, 0.05) is 11.1 Å². The highest BCUT2D eigenvalue weighted by molar-refractivity contribution is 6.34. The first-order valence-electron chi connectivity index (χ1n) is 8.91. The molecule has 0 aliphatic carbocycles. The molecule has 3 aromatic carbocycles. The standard InChI is InChI=1S/C23H18ClNO4/c24-20-9-5-4-8-19(20)21(26)15-29-22(27)14-25-23(28)18-12-10-17(11-13-18)16-6-2-1-3-7-16/h1-13H,14-15H2,(H,25,28). The molecule has 0 unspecified atom stereocenters. The molecule has 0 heterocycles. The molecule has 0 bridgehead atoms. The topological polar surface area (TPSA) is 72.5 Å². The van der Waals surface area contributed by atoms with E-state index < -0.39 is 24.3 Å². The molecule has 5 nitrogen and oxygen atoms in total. The summed E-state index contributed by atoms with van der Waals surface area (Å²) >= 11 is 5.94. The summed E-state index contributed by atoms with van der Waals surface area (Å²) in [6, 6.07) is 23.3. The smallest absolute Gasteiger partial charge is 0.325 e. The summed E-state index contributed by atoms with van der Waals surface area (Å²) in [7, 11) is 0. The molecule has 0 saturated heterocycles. The molecule has 0 spiro atoms. The number of carbonyl (C=O) groups is 3. The Hall–Kier alpha value is -3.44. The normalized spacial score (nSPS) is 10.2. The molecule has 0 fully saturated rings. The second-order valence-corrected chi connectivity index (χ2v) is 6.60. The number of esters is 1. The number of rotatable bonds is 7. The first-order chi connectivity index (χ1) is 14.0. The summed E-state index contributed by atoms with van der Waals surface area (Å²) in [6.45, 7) is -0.778. The van der Waals surface area contributed by atoms with Crippen LogP contribution in [0, 0.1) is 0 Å². The number of hydrogen-bond donors (Lipinski definition) is 1. The van der Waals surface area contributed by atoms with Crippen LogP contribution in [0.5, 0.6) is 0 Å². The lowest BCUT2D eigenvalue weighted by molar-refractivity contribution is -0.141. The zero-order valence-electron chi connectivity index (χ0n) is 15.4. The zero-order valence-corrected chi connectivity index (χ0v) is 16.2. The van der Waals surface area contributed by atoms with Crippen LogP contribution in [-0.2, 0) is 9.53 Å². The highest BCUT2D eigenvalue weighted by Gasteiger charge is 2.14. The van der Waals surface area contributed by atoms with Gasteiger partial charge in [0.1, 0.15) is 6.54 Å². The molecule has 6 heteroatoms. The molecule has 0 saturated carbocycles. The van der Waals surface area contributed by atoms with Gasteiger partial charge in [0.25, 0.3) is 5.91 Å². The van der Waals surface area contributed by atoms with Gasteiger partial charge in [0.05, 0.1) is 5.02 Å². The third-order valence-electron chi connectivity index (χ3n) is 4.19. The number of nitrogens with one attached hydrogen (secondary N) is 1. The molecular formula is C23H18ClNO4. The third-order valence-corrected chi connectivity index (χ3v) is 4.52. The van der Waals surface area contributed by atoms with Crippen LogP contribution >= 0.6 is 11.6 Å². The first-order valence-corrected chi connectivity index (χ1v) is 9.29. The van der Waals surface area contributed by atoms with E-state index in [1.807, 2.05) is 42.5 Å². The van der Waals surface area contributed by atoms with Gasteiger partial charge in [-0.15, -0.1) is 0 Å². The Labute approximate surface area is 173 Å². The Kier molecular flexibility index (Phi) is 6.76. The zero-order chi connectivity index (χ0) is 20.6. The summed E-state index contributed by atoms with van der Waals surface area (Å²) in [4.78, 5) is 36.0. The maximum atomic E-state index is 12.2. The predicted octanol–water partition coefficient (Wildman–Crippen LogP) is 4.16. The summed E-state index contributed by atoms with van der Waals surface area (Å²) in [5.74, 6) is -1.52. The minimum absolute atomic E-state index is 0.282. The van der Waals surface area contributed by atoms with Crippen LogP contribution in [0.1, 0.15) is 20.7 Å². The number of halogens is 1. The lowest BCUT2D eigenvalue weighted by atomic mass is 10.0. The predicted molar refractivity (Wildman–Crippen MR) is 111 cm³/mol. The third kappa shape index (κ3) is 5.53. The molecule has 1 N–H and O–H groups in total. The molecule has 0 aliphatic heterocycles. The van der Waals surface area contributed by atoms with Gasteiger partial charge in [-0.05, 0) is 35.4 Å². The van der Waals surface area contributed by atoms with Crippen molar-refractivity contribution < 1.29 is 19.1 Å². The highest BCUT2D eigenvalue weighted by Crippen LogP contribution is 2.19. The number of ether oxygens (including phenoxy) is 1. The van der Waals surface area contributed by atoms with Crippen molar-refractivity contribution in [1.29, 1.82) is 0 Å². The summed E-state index contributed by atoms with van der Waals surface area (Å²) in [5, 5.41) is 2.77. The molecule has 3 aromatic rings. The summed E-state index contributed by atoms with van der Waals surface area (Å²) < 4.78 is 4.91. The van der Waals surface area contributed by atoms with Crippen LogP contribution < -0.4 is 5.32 Å². The van der Waals surface area contributed by atoms with Crippen molar-refractivity contribution in [3.8, 4) is 11.1 Å². The van der Waals surface area contributed by atoms with Crippen LogP contribution in [0.25, 0.3) is 11.1 Å². The van der Waals surface area contributed by atoms with E-state index in [1.54, 1.807) is 36.4 Å². The van der Waals surface area contributed by atoms with Crippen LogP contribution in [0.4, 0.5) is 0 Å². The Bertz CT molecular complexity index is 1020. The first kappa shape index (κ1) is 20.3. The van der Waals surface area contributed by atoms with E-state index in [-0.39, 0.29) is 12.1 Å². The van der Waals surface area contributed by atoms with E-state index in [2.05, 4.69) is 5.32 Å². The lowest BCUT2D eigenvalue weighted by Crippen LogP contribution is -2.31. The number of amides is 1. The Morgan fingerprint density at radius 2 is 1.41 bits per heavy atom. The fourth-order valence-electron chi connectivity index (χ4n) is 2.66. The molecule has 0 aromatic heterocycles. The van der Waals surface area contributed by atoms with E-state index in [0.29, 0.717) is 10.6 Å². The van der Waals surface area contributed by atoms with Crippen LogP contribution in [0.2, 0.25) is 5.02 Å². The number of hydrogen-bond acceptors (Lipinski definition) is 4. The molecule has 146 valence electrons. The van der Waals surface area contributed by atoms with Crippen LogP contribution in [-0.4, -0.2) is 30.8 Å². The van der Waals surface area contributed by atoms with Crippen LogP contribution in [0.3, 0.4) is 0 Å². The van der Waals surface area contributed by atoms with E-state index >= 15 is 0 Å². The van der Waals surface area contributed by atoms with Crippen LogP contribution in [0.15, 0.2) is 78.9 Å². The molecule has 29 heavy (non-hydrogen) atoms. The fraction of sp³-hybridized carbons (Fsp3) is 0.0870. The molecule has 0 atom stereocenters. The van der Waals surface area contributed by atoms with Gasteiger partial charge in [0.15, 0.2) is 6.61 Å². The highest BCUT2D eigenvalue weighted by atomic mass is 35.5.